The number of amides is 1. The molecule has 1 aliphatic heterocycles. The molecule has 0 bridgehead atoms. The number of rotatable bonds is 4. The van der Waals surface area contributed by atoms with Crippen LogP contribution in [-0.2, 0) is 4.79 Å². The fourth-order valence-electron chi connectivity index (χ4n) is 2.74. The van der Waals surface area contributed by atoms with Gasteiger partial charge in [0.2, 0.25) is 0 Å². The number of ether oxygens (including phenoxy) is 1. The highest BCUT2D eigenvalue weighted by molar-refractivity contribution is 8.26. The Balaban J connectivity index is 1.82. The van der Waals surface area contributed by atoms with Gasteiger partial charge >= 0.3 is 0 Å². The molecule has 1 amide bonds. The molecular formula is C20H15N3O2S2. The molecule has 0 spiro atoms. The van der Waals surface area contributed by atoms with Crippen molar-refractivity contribution in [3.63, 3.8) is 0 Å². The highest BCUT2D eigenvalue weighted by Crippen LogP contribution is 2.31. The molecule has 2 aromatic carbocycles. The van der Waals surface area contributed by atoms with E-state index in [0.717, 1.165) is 28.3 Å². The fourth-order valence-corrected chi connectivity index (χ4v) is 3.78. The first-order valence-corrected chi connectivity index (χ1v) is 9.41. The lowest BCUT2D eigenvalue weighted by atomic mass is 10.1. The molecule has 0 saturated carbocycles. The van der Waals surface area contributed by atoms with Crippen molar-refractivity contribution >= 4 is 40.3 Å². The van der Waals surface area contributed by atoms with E-state index < -0.39 is 0 Å². The van der Waals surface area contributed by atoms with E-state index in [-0.39, 0.29) is 5.91 Å². The van der Waals surface area contributed by atoms with Crippen molar-refractivity contribution < 1.29 is 9.53 Å². The van der Waals surface area contributed by atoms with E-state index in [9.17, 15) is 4.79 Å². The third-order valence-electron chi connectivity index (χ3n) is 4.06. The number of benzene rings is 2. The molecule has 1 aliphatic rings. The van der Waals surface area contributed by atoms with Crippen molar-refractivity contribution in [1.82, 2.24) is 15.1 Å². The van der Waals surface area contributed by atoms with Gasteiger partial charge in [-0.15, -0.1) is 0 Å². The van der Waals surface area contributed by atoms with E-state index in [1.807, 2.05) is 71.6 Å². The van der Waals surface area contributed by atoms with Crippen LogP contribution in [0.3, 0.4) is 0 Å². The van der Waals surface area contributed by atoms with Gasteiger partial charge in [-0.3, -0.25) is 4.79 Å². The molecule has 0 atom stereocenters. The highest BCUT2D eigenvalue weighted by atomic mass is 32.2. The minimum absolute atomic E-state index is 0.182. The van der Waals surface area contributed by atoms with Gasteiger partial charge in [-0.2, -0.15) is 5.10 Å². The summed E-state index contributed by atoms with van der Waals surface area (Å²) in [4.78, 5) is 12.6. The minimum atomic E-state index is -0.182. The van der Waals surface area contributed by atoms with Gasteiger partial charge in [0.05, 0.1) is 23.4 Å². The topological polar surface area (TPSA) is 56.1 Å². The number of methoxy groups -OCH3 is 1. The Kier molecular flexibility index (Phi) is 4.79. The van der Waals surface area contributed by atoms with Crippen molar-refractivity contribution in [1.29, 1.82) is 0 Å². The summed E-state index contributed by atoms with van der Waals surface area (Å²) >= 11 is 6.34. The molecule has 1 saturated heterocycles. The lowest BCUT2D eigenvalue weighted by Gasteiger charge is -2.03. The summed E-state index contributed by atoms with van der Waals surface area (Å²) in [6.45, 7) is 0. The summed E-state index contributed by atoms with van der Waals surface area (Å²) < 4.78 is 7.51. The average Bonchev–Trinajstić information content (AvgIpc) is 3.25. The van der Waals surface area contributed by atoms with Gasteiger partial charge in [0, 0.05) is 17.3 Å². The molecule has 27 heavy (non-hydrogen) atoms. The number of nitrogens with zero attached hydrogens (tertiary/aromatic N) is 2. The summed E-state index contributed by atoms with van der Waals surface area (Å²) in [7, 11) is 1.63. The molecule has 2 heterocycles. The molecule has 1 fully saturated rings. The zero-order valence-electron chi connectivity index (χ0n) is 14.4. The van der Waals surface area contributed by atoms with Crippen molar-refractivity contribution in [2.45, 2.75) is 0 Å². The Morgan fingerprint density at radius 3 is 2.52 bits per heavy atom. The molecule has 0 radical (unpaired) electrons. The maximum atomic E-state index is 12.1. The third kappa shape index (κ3) is 3.65. The molecule has 5 nitrogen and oxygen atoms in total. The fraction of sp³-hybridized carbons (Fsp3) is 0.0500. The summed E-state index contributed by atoms with van der Waals surface area (Å²) in [5.41, 5.74) is 3.49. The van der Waals surface area contributed by atoms with Crippen LogP contribution in [0.4, 0.5) is 0 Å². The maximum absolute atomic E-state index is 12.1. The zero-order valence-corrected chi connectivity index (χ0v) is 16.0. The van der Waals surface area contributed by atoms with E-state index in [0.29, 0.717) is 9.23 Å². The van der Waals surface area contributed by atoms with E-state index in [1.165, 1.54) is 11.8 Å². The SMILES string of the molecule is COc1ccc(-c2nn(-c3ccccc3)cc2/C=C2/SC(=S)NC2=O)cc1. The van der Waals surface area contributed by atoms with Gasteiger partial charge in [0.1, 0.15) is 10.1 Å². The van der Waals surface area contributed by atoms with Gasteiger partial charge in [-0.05, 0) is 42.5 Å². The zero-order chi connectivity index (χ0) is 18.8. The number of carbonyl (C=O) groups excluding carboxylic acids is 1. The first kappa shape index (κ1) is 17.5. The predicted molar refractivity (Wildman–Crippen MR) is 112 cm³/mol. The first-order valence-electron chi connectivity index (χ1n) is 8.18. The molecule has 3 aromatic rings. The molecule has 0 aliphatic carbocycles. The second-order valence-electron chi connectivity index (χ2n) is 5.79. The Bertz CT molecular complexity index is 1040. The number of thiocarbonyl (C=S) groups is 1. The van der Waals surface area contributed by atoms with Gasteiger partial charge in [0.15, 0.2) is 0 Å². The van der Waals surface area contributed by atoms with Crippen molar-refractivity contribution in [3.8, 4) is 22.7 Å². The van der Waals surface area contributed by atoms with Crippen LogP contribution < -0.4 is 10.1 Å². The Labute approximate surface area is 166 Å². The Hall–Kier alpha value is -2.90. The van der Waals surface area contributed by atoms with E-state index >= 15 is 0 Å². The van der Waals surface area contributed by atoms with Crippen LogP contribution in [0, 0.1) is 0 Å². The van der Waals surface area contributed by atoms with E-state index in [2.05, 4.69) is 5.32 Å². The lowest BCUT2D eigenvalue weighted by molar-refractivity contribution is -0.115. The van der Waals surface area contributed by atoms with Gasteiger partial charge in [-0.25, -0.2) is 4.68 Å². The number of para-hydroxylation sites is 1. The summed E-state index contributed by atoms with van der Waals surface area (Å²) in [5.74, 6) is 0.593. The van der Waals surface area contributed by atoms with Gasteiger partial charge in [-0.1, -0.05) is 42.2 Å². The summed E-state index contributed by atoms with van der Waals surface area (Å²) in [5, 5.41) is 7.39. The van der Waals surface area contributed by atoms with Crippen molar-refractivity contribution in [2.75, 3.05) is 7.11 Å². The quantitative estimate of drug-likeness (QED) is 0.536. The minimum Gasteiger partial charge on any atom is -0.497 e. The second kappa shape index (κ2) is 7.38. The normalized spacial score (nSPS) is 15.2. The molecule has 4 rings (SSSR count). The predicted octanol–water partition coefficient (Wildman–Crippen LogP) is 4.04. The molecule has 0 unspecified atom stereocenters. The van der Waals surface area contributed by atoms with Gasteiger partial charge in [0.25, 0.3) is 5.91 Å². The number of nitrogens with one attached hydrogen (secondary N) is 1. The van der Waals surface area contributed by atoms with Crippen LogP contribution >= 0.6 is 24.0 Å². The highest BCUT2D eigenvalue weighted by Gasteiger charge is 2.23. The lowest BCUT2D eigenvalue weighted by Crippen LogP contribution is -2.17. The molecule has 1 aromatic heterocycles. The second-order valence-corrected chi connectivity index (χ2v) is 7.51. The number of hydrogen-bond donors (Lipinski definition) is 1. The number of hydrogen-bond acceptors (Lipinski definition) is 5. The summed E-state index contributed by atoms with van der Waals surface area (Å²) in [6, 6.07) is 17.5. The molecule has 134 valence electrons. The van der Waals surface area contributed by atoms with Crippen molar-refractivity contribution in [3.05, 3.63) is 71.3 Å². The van der Waals surface area contributed by atoms with E-state index in [4.69, 9.17) is 22.1 Å². The number of thioether (sulfide) groups is 1. The number of aromatic nitrogens is 2. The average molecular weight is 393 g/mol. The van der Waals surface area contributed by atoms with Crippen molar-refractivity contribution in [2.24, 2.45) is 0 Å². The molecular weight excluding hydrogens is 378 g/mol. The smallest absolute Gasteiger partial charge is 0.263 e. The van der Waals surface area contributed by atoms with E-state index in [1.54, 1.807) is 7.11 Å². The van der Waals surface area contributed by atoms with Crippen LogP contribution in [0.5, 0.6) is 5.75 Å². The van der Waals surface area contributed by atoms with Crippen LogP contribution in [0.1, 0.15) is 5.56 Å². The van der Waals surface area contributed by atoms with Crippen LogP contribution in [0.25, 0.3) is 23.0 Å². The maximum Gasteiger partial charge on any atom is 0.263 e. The number of carbonyl (C=O) groups is 1. The molecule has 1 N–H and O–H groups in total. The third-order valence-corrected chi connectivity index (χ3v) is 5.22. The largest absolute Gasteiger partial charge is 0.497 e. The first-order chi connectivity index (χ1) is 13.1. The van der Waals surface area contributed by atoms with Gasteiger partial charge < -0.3 is 10.1 Å². The van der Waals surface area contributed by atoms with Crippen LogP contribution in [0.15, 0.2) is 65.7 Å². The van der Waals surface area contributed by atoms with Crippen LogP contribution in [0.2, 0.25) is 0 Å². The Morgan fingerprint density at radius 1 is 1.15 bits per heavy atom. The summed E-state index contributed by atoms with van der Waals surface area (Å²) in [6.07, 6.45) is 3.74. The van der Waals surface area contributed by atoms with Crippen LogP contribution in [-0.4, -0.2) is 27.1 Å². The Morgan fingerprint density at radius 2 is 1.89 bits per heavy atom. The molecule has 7 heteroatoms. The standard InChI is InChI=1S/C20H15N3O2S2/c1-25-16-9-7-13(8-10-16)18-14(11-17-19(24)21-20(26)27-17)12-23(22-18)15-5-3-2-4-6-15/h2-12H,1H3,(H,21,24,26)/b17-11+. The monoisotopic (exact) mass is 393 g/mol.